The molecule has 1 aliphatic rings. The van der Waals surface area contributed by atoms with E-state index in [1.807, 2.05) is 55.5 Å². The van der Waals surface area contributed by atoms with E-state index in [-0.39, 0.29) is 11.9 Å². The Balaban J connectivity index is 1.49. The van der Waals surface area contributed by atoms with E-state index in [0.29, 0.717) is 6.54 Å². The van der Waals surface area contributed by atoms with Gasteiger partial charge in [0.1, 0.15) is 0 Å². The van der Waals surface area contributed by atoms with Gasteiger partial charge in [0.05, 0.1) is 6.04 Å². The van der Waals surface area contributed by atoms with Gasteiger partial charge in [-0.15, -0.1) is 0 Å². The number of hydrogen-bond donors (Lipinski definition) is 1. The molecule has 25 heavy (non-hydrogen) atoms. The van der Waals surface area contributed by atoms with Crippen LogP contribution in [0.5, 0.6) is 0 Å². The van der Waals surface area contributed by atoms with Crippen LogP contribution in [-0.4, -0.2) is 43.0 Å². The van der Waals surface area contributed by atoms with Crippen molar-refractivity contribution in [2.75, 3.05) is 31.1 Å². The van der Waals surface area contributed by atoms with Crippen LogP contribution in [0.4, 0.5) is 5.69 Å². The molecule has 0 spiro atoms. The van der Waals surface area contributed by atoms with Crippen molar-refractivity contribution in [3.05, 3.63) is 65.2 Å². The quantitative estimate of drug-likeness (QED) is 0.892. The number of amides is 1. The van der Waals surface area contributed by atoms with Crippen molar-refractivity contribution in [3.63, 3.8) is 0 Å². The van der Waals surface area contributed by atoms with Crippen molar-refractivity contribution in [3.8, 4) is 0 Å². The summed E-state index contributed by atoms with van der Waals surface area (Å²) in [6.45, 7) is 6.09. The normalized spacial score (nSPS) is 16.5. The molecule has 0 saturated carbocycles. The Labute approximate surface area is 154 Å². The van der Waals surface area contributed by atoms with Crippen LogP contribution in [0.2, 0.25) is 5.02 Å². The molecular formula is C20H24ClN3O. The lowest BCUT2D eigenvalue weighted by atomic mass is 10.2. The lowest BCUT2D eigenvalue weighted by Gasteiger charge is -2.38. The Morgan fingerprint density at radius 3 is 2.48 bits per heavy atom. The number of piperazine rings is 1. The lowest BCUT2D eigenvalue weighted by molar-refractivity contribution is -0.126. The molecule has 0 bridgehead atoms. The van der Waals surface area contributed by atoms with E-state index in [4.69, 9.17) is 11.6 Å². The van der Waals surface area contributed by atoms with Gasteiger partial charge in [-0.2, -0.15) is 0 Å². The maximum Gasteiger partial charge on any atom is 0.237 e. The summed E-state index contributed by atoms with van der Waals surface area (Å²) in [5.74, 6) is 0.0834. The molecule has 1 N–H and O–H groups in total. The van der Waals surface area contributed by atoms with Gasteiger partial charge >= 0.3 is 0 Å². The molecule has 1 fully saturated rings. The molecule has 2 aromatic carbocycles. The molecule has 1 unspecified atom stereocenters. The number of benzene rings is 2. The van der Waals surface area contributed by atoms with Gasteiger partial charge in [-0.25, -0.2) is 0 Å². The van der Waals surface area contributed by atoms with Crippen LogP contribution in [0.15, 0.2) is 54.6 Å². The first kappa shape index (κ1) is 17.8. The zero-order valence-corrected chi connectivity index (χ0v) is 15.2. The number of carbonyl (C=O) groups excluding carboxylic acids is 1. The molecule has 1 aliphatic heterocycles. The highest BCUT2D eigenvalue weighted by Crippen LogP contribution is 2.21. The van der Waals surface area contributed by atoms with Crippen molar-refractivity contribution in [2.45, 2.75) is 19.5 Å². The van der Waals surface area contributed by atoms with Crippen molar-refractivity contribution in [1.82, 2.24) is 10.2 Å². The fourth-order valence-electron chi connectivity index (χ4n) is 3.14. The van der Waals surface area contributed by atoms with Crippen LogP contribution in [0.3, 0.4) is 0 Å². The first-order chi connectivity index (χ1) is 12.1. The second-order valence-corrected chi connectivity index (χ2v) is 6.82. The maximum atomic E-state index is 12.4. The van der Waals surface area contributed by atoms with Crippen LogP contribution in [0, 0.1) is 0 Å². The number of nitrogens with zero attached hydrogens (tertiary/aromatic N) is 2. The molecule has 5 heteroatoms. The number of carbonyl (C=O) groups is 1. The summed E-state index contributed by atoms with van der Waals surface area (Å²) in [7, 11) is 0. The third-order valence-corrected chi connectivity index (χ3v) is 4.96. The average molecular weight is 358 g/mol. The average Bonchev–Trinajstić information content (AvgIpc) is 2.66. The van der Waals surface area contributed by atoms with Gasteiger partial charge in [0.15, 0.2) is 0 Å². The Morgan fingerprint density at radius 1 is 1.08 bits per heavy atom. The van der Waals surface area contributed by atoms with E-state index in [2.05, 4.69) is 21.2 Å². The van der Waals surface area contributed by atoms with Crippen LogP contribution in [0.25, 0.3) is 0 Å². The fourth-order valence-corrected chi connectivity index (χ4v) is 3.32. The Morgan fingerprint density at radius 2 is 1.80 bits per heavy atom. The van der Waals surface area contributed by atoms with Crippen molar-refractivity contribution < 1.29 is 4.79 Å². The zero-order chi connectivity index (χ0) is 17.6. The van der Waals surface area contributed by atoms with Crippen molar-refractivity contribution >= 4 is 23.2 Å². The smallest absolute Gasteiger partial charge is 0.237 e. The maximum absolute atomic E-state index is 12.4. The number of rotatable bonds is 5. The number of nitrogens with one attached hydrogen (secondary N) is 1. The molecule has 1 heterocycles. The molecule has 2 aromatic rings. The van der Waals surface area contributed by atoms with Crippen LogP contribution >= 0.6 is 11.6 Å². The van der Waals surface area contributed by atoms with Gasteiger partial charge in [-0.05, 0) is 30.7 Å². The minimum absolute atomic E-state index is 0.0834. The Hall–Kier alpha value is -2.04. The Kier molecular flexibility index (Phi) is 5.95. The standard InChI is InChI=1S/C20H24ClN3O/c1-16(20(25)22-15-17-6-3-2-4-7-17)23-10-12-24(13-11-23)19-9-5-8-18(21)14-19/h2-9,14,16H,10-13,15H2,1H3,(H,22,25). The van der Waals surface area contributed by atoms with E-state index in [9.17, 15) is 4.79 Å². The first-order valence-corrected chi connectivity index (χ1v) is 9.07. The summed E-state index contributed by atoms with van der Waals surface area (Å²) < 4.78 is 0. The topological polar surface area (TPSA) is 35.6 Å². The van der Waals surface area contributed by atoms with Crippen LogP contribution < -0.4 is 10.2 Å². The molecular weight excluding hydrogens is 334 g/mol. The van der Waals surface area contributed by atoms with Crippen molar-refractivity contribution in [1.29, 1.82) is 0 Å². The third-order valence-electron chi connectivity index (χ3n) is 4.72. The van der Waals surface area contributed by atoms with Gasteiger partial charge in [0.25, 0.3) is 0 Å². The lowest BCUT2D eigenvalue weighted by Crippen LogP contribution is -2.53. The molecule has 0 aromatic heterocycles. The van der Waals surface area contributed by atoms with E-state index in [0.717, 1.165) is 42.5 Å². The van der Waals surface area contributed by atoms with Gasteiger partial charge in [-0.3, -0.25) is 9.69 Å². The van der Waals surface area contributed by atoms with Crippen LogP contribution in [-0.2, 0) is 11.3 Å². The molecule has 1 amide bonds. The van der Waals surface area contributed by atoms with Gasteiger partial charge in [0, 0.05) is 43.4 Å². The van der Waals surface area contributed by atoms with Gasteiger partial charge in [-0.1, -0.05) is 48.0 Å². The van der Waals surface area contributed by atoms with E-state index in [1.54, 1.807) is 0 Å². The molecule has 0 aliphatic carbocycles. The zero-order valence-electron chi connectivity index (χ0n) is 14.5. The monoisotopic (exact) mass is 357 g/mol. The predicted octanol–water partition coefficient (Wildman–Crippen LogP) is 3.17. The summed E-state index contributed by atoms with van der Waals surface area (Å²) >= 11 is 6.08. The summed E-state index contributed by atoms with van der Waals surface area (Å²) in [5.41, 5.74) is 2.27. The van der Waals surface area contributed by atoms with E-state index >= 15 is 0 Å². The highest BCUT2D eigenvalue weighted by molar-refractivity contribution is 6.30. The first-order valence-electron chi connectivity index (χ1n) is 8.70. The molecule has 4 nitrogen and oxygen atoms in total. The molecule has 3 rings (SSSR count). The van der Waals surface area contributed by atoms with Crippen molar-refractivity contribution in [2.24, 2.45) is 0 Å². The number of anilines is 1. The summed E-state index contributed by atoms with van der Waals surface area (Å²) in [6, 6.07) is 17.8. The second kappa shape index (κ2) is 8.37. The van der Waals surface area contributed by atoms with Gasteiger partial charge in [0.2, 0.25) is 5.91 Å². The fraction of sp³-hybridized carbons (Fsp3) is 0.350. The molecule has 1 atom stereocenters. The number of hydrogen-bond acceptors (Lipinski definition) is 3. The highest BCUT2D eigenvalue weighted by Gasteiger charge is 2.25. The number of halogens is 1. The van der Waals surface area contributed by atoms with Crippen LogP contribution in [0.1, 0.15) is 12.5 Å². The minimum Gasteiger partial charge on any atom is -0.369 e. The largest absolute Gasteiger partial charge is 0.369 e. The molecule has 1 saturated heterocycles. The summed E-state index contributed by atoms with van der Waals surface area (Å²) in [5, 5.41) is 3.79. The van der Waals surface area contributed by atoms with E-state index < -0.39 is 0 Å². The Bertz CT molecular complexity index is 699. The second-order valence-electron chi connectivity index (χ2n) is 6.38. The molecule has 0 radical (unpaired) electrons. The SMILES string of the molecule is CC(C(=O)NCc1ccccc1)N1CCN(c2cccc(Cl)c2)CC1. The predicted molar refractivity (Wildman–Crippen MR) is 103 cm³/mol. The minimum atomic E-state index is -0.120. The molecule has 132 valence electrons. The highest BCUT2D eigenvalue weighted by atomic mass is 35.5. The summed E-state index contributed by atoms with van der Waals surface area (Å²) in [6.07, 6.45) is 0. The third kappa shape index (κ3) is 4.74. The van der Waals surface area contributed by atoms with E-state index in [1.165, 1.54) is 0 Å². The van der Waals surface area contributed by atoms with Gasteiger partial charge < -0.3 is 10.2 Å². The summed E-state index contributed by atoms with van der Waals surface area (Å²) in [4.78, 5) is 17.0.